The predicted molar refractivity (Wildman–Crippen MR) is 55.9 cm³/mol. The summed E-state index contributed by atoms with van der Waals surface area (Å²) in [5.41, 5.74) is -0.0588. The van der Waals surface area contributed by atoms with Crippen LogP contribution in [0.1, 0.15) is 18.1 Å². The molecule has 3 N–H and O–H groups in total. The smallest absolute Gasteiger partial charge is 0.129 e. The minimum Gasteiger partial charge on any atom is -0.396 e. The fourth-order valence-electron chi connectivity index (χ4n) is 1.32. The Morgan fingerprint density at radius 1 is 1.31 bits per heavy atom. The zero-order valence-electron chi connectivity index (χ0n) is 8.79. The molecule has 0 heterocycles. The molecule has 0 aliphatic carbocycles. The Morgan fingerprint density at radius 3 is 2.75 bits per heavy atom. The van der Waals surface area contributed by atoms with Crippen LogP contribution in [-0.2, 0) is 0 Å². The van der Waals surface area contributed by atoms with Crippen LogP contribution < -0.4 is 5.32 Å². The average Bonchev–Trinajstić information content (AvgIpc) is 2.27. The van der Waals surface area contributed by atoms with Gasteiger partial charge in [-0.3, -0.25) is 0 Å². The maximum Gasteiger partial charge on any atom is 0.129 e. The van der Waals surface area contributed by atoms with Crippen LogP contribution in [0.2, 0.25) is 0 Å². The highest BCUT2D eigenvalue weighted by molar-refractivity contribution is 5.21. The second-order valence-corrected chi connectivity index (χ2v) is 3.46. The lowest BCUT2D eigenvalue weighted by atomic mass is 10.1. The molecular formula is C11H15F2NO2. The second kappa shape index (κ2) is 6.52. The van der Waals surface area contributed by atoms with Crippen molar-refractivity contribution < 1.29 is 19.0 Å². The van der Waals surface area contributed by atoms with E-state index in [0.717, 1.165) is 18.2 Å². The van der Waals surface area contributed by atoms with Crippen molar-refractivity contribution in [2.24, 2.45) is 0 Å². The molecule has 0 saturated carbocycles. The molecule has 0 fully saturated rings. The van der Waals surface area contributed by atoms with Crippen molar-refractivity contribution in [3.05, 3.63) is 35.4 Å². The van der Waals surface area contributed by atoms with Crippen LogP contribution in [0.25, 0.3) is 0 Å². The Morgan fingerprint density at radius 2 is 2.06 bits per heavy atom. The third-order valence-corrected chi connectivity index (χ3v) is 2.17. The van der Waals surface area contributed by atoms with Crippen molar-refractivity contribution >= 4 is 0 Å². The molecule has 0 saturated heterocycles. The minimum atomic E-state index is -1.09. The monoisotopic (exact) mass is 231 g/mol. The zero-order valence-corrected chi connectivity index (χ0v) is 8.79. The van der Waals surface area contributed by atoms with Gasteiger partial charge in [0.25, 0.3) is 0 Å². The van der Waals surface area contributed by atoms with Gasteiger partial charge in [-0.1, -0.05) is 0 Å². The van der Waals surface area contributed by atoms with E-state index >= 15 is 0 Å². The Kier molecular flexibility index (Phi) is 5.31. The van der Waals surface area contributed by atoms with E-state index in [0.29, 0.717) is 13.0 Å². The van der Waals surface area contributed by atoms with Crippen LogP contribution in [0, 0.1) is 11.6 Å². The zero-order chi connectivity index (χ0) is 12.0. The van der Waals surface area contributed by atoms with E-state index in [9.17, 15) is 13.9 Å². The molecule has 1 unspecified atom stereocenters. The van der Waals surface area contributed by atoms with Gasteiger partial charge in [-0.15, -0.1) is 0 Å². The quantitative estimate of drug-likeness (QED) is 0.639. The third kappa shape index (κ3) is 3.84. The molecule has 5 heteroatoms. The van der Waals surface area contributed by atoms with Crippen LogP contribution in [0.15, 0.2) is 18.2 Å². The van der Waals surface area contributed by atoms with Crippen LogP contribution in [-0.4, -0.2) is 29.9 Å². The number of benzene rings is 1. The molecule has 90 valence electrons. The van der Waals surface area contributed by atoms with Crippen LogP contribution in [0.3, 0.4) is 0 Å². The van der Waals surface area contributed by atoms with E-state index < -0.39 is 17.7 Å². The Bertz CT molecular complexity index is 334. The Hall–Kier alpha value is -1.04. The summed E-state index contributed by atoms with van der Waals surface area (Å²) in [7, 11) is 0. The number of aliphatic hydroxyl groups excluding tert-OH is 2. The molecule has 0 aliphatic heterocycles. The molecule has 0 bridgehead atoms. The summed E-state index contributed by atoms with van der Waals surface area (Å²) in [6.45, 7) is 0.697. The summed E-state index contributed by atoms with van der Waals surface area (Å²) >= 11 is 0. The summed E-state index contributed by atoms with van der Waals surface area (Å²) < 4.78 is 26.0. The van der Waals surface area contributed by atoms with E-state index in [1.807, 2.05) is 0 Å². The highest BCUT2D eigenvalue weighted by Gasteiger charge is 2.13. The first kappa shape index (κ1) is 13.0. The fourth-order valence-corrected chi connectivity index (χ4v) is 1.32. The molecule has 1 aromatic carbocycles. The van der Waals surface area contributed by atoms with Crippen molar-refractivity contribution in [1.29, 1.82) is 0 Å². The first-order chi connectivity index (χ1) is 7.65. The van der Waals surface area contributed by atoms with Gasteiger partial charge in [-0.2, -0.15) is 0 Å². The van der Waals surface area contributed by atoms with E-state index in [-0.39, 0.29) is 18.7 Å². The molecule has 0 aromatic heterocycles. The lowest BCUT2D eigenvalue weighted by Crippen LogP contribution is -2.23. The summed E-state index contributed by atoms with van der Waals surface area (Å²) in [5, 5.41) is 20.9. The van der Waals surface area contributed by atoms with E-state index in [2.05, 4.69) is 5.32 Å². The van der Waals surface area contributed by atoms with Crippen LogP contribution in [0.4, 0.5) is 8.78 Å². The molecule has 1 rings (SSSR count). The van der Waals surface area contributed by atoms with Crippen LogP contribution in [0.5, 0.6) is 0 Å². The molecule has 0 radical (unpaired) electrons. The number of nitrogens with one attached hydrogen (secondary N) is 1. The maximum absolute atomic E-state index is 13.2. The SMILES string of the molecule is OCCCNCC(O)c1cc(F)ccc1F. The fraction of sp³-hybridized carbons (Fsp3) is 0.455. The maximum atomic E-state index is 13.2. The molecule has 16 heavy (non-hydrogen) atoms. The average molecular weight is 231 g/mol. The summed E-state index contributed by atoms with van der Waals surface area (Å²) in [5.74, 6) is -1.20. The number of aliphatic hydroxyl groups is 2. The van der Waals surface area contributed by atoms with Gasteiger partial charge in [0.05, 0.1) is 6.10 Å². The van der Waals surface area contributed by atoms with E-state index in [4.69, 9.17) is 5.11 Å². The van der Waals surface area contributed by atoms with Crippen molar-refractivity contribution in [3.63, 3.8) is 0 Å². The molecular weight excluding hydrogens is 216 g/mol. The van der Waals surface area contributed by atoms with Gasteiger partial charge in [0.2, 0.25) is 0 Å². The van der Waals surface area contributed by atoms with Crippen molar-refractivity contribution in [2.45, 2.75) is 12.5 Å². The second-order valence-electron chi connectivity index (χ2n) is 3.46. The van der Waals surface area contributed by atoms with Gasteiger partial charge in [-0.05, 0) is 31.2 Å². The number of hydrogen-bond acceptors (Lipinski definition) is 3. The molecule has 3 nitrogen and oxygen atoms in total. The standard InChI is InChI=1S/C11H15F2NO2/c12-8-2-3-10(13)9(6-8)11(16)7-14-4-1-5-15/h2-3,6,11,14-16H,1,4-5,7H2. The third-order valence-electron chi connectivity index (χ3n) is 2.17. The van der Waals surface area contributed by atoms with E-state index in [1.54, 1.807) is 0 Å². The number of rotatable bonds is 6. The minimum absolute atomic E-state index is 0.0530. The molecule has 1 aromatic rings. The van der Waals surface area contributed by atoms with Crippen molar-refractivity contribution in [3.8, 4) is 0 Å². The lowest BCUT2D eigenvalue weighted by Gasteiger charge is -2.12. The van der Waals surface area contributed by atoms with Gasteiger partial charge >= 0.3 is 0 Å². The number of halogens is 2. The lowest BCUT2D eigenvalue weighted by molar-refractivity contribution is 0.168. The van der Waals surface area contributed by atoms with Crippen molar-refractivity contribution in [2.75, 3.05) is 19.7 Å². The van der Waals surface area contributed by atoms with Gasteiger partial charge in [0.15, 0.2) is 0 Å². The highest BCUT2D eigenvalue weighted by Crippen LogP contribution is 2.17. The molecule has 1 atom stereocenters. The topological polar surface area (TPSA) is 52.5 Å². The highest BCUT2D eigenvalue weighted by atomic mass is 19.1. The number of hydrogen-bond donors (Lipinski definition) is 3. The predicted octanol–water partition coefficient (Wildman–Crippen LogP) is 0.970. The summed E-state index contributed by atoms with van der Waals surface area (Å²) in [6.07, 6.45) is -0.535. The van der Waals surface area contributed by atoms with Gasteiger partial charge < -0.3 is 15.5 Å². The van der Waals surface area contributed by atoms with E-state index in [1.165, 1.54) is 0 Å². The first-order valence-electron chi connectivity index (χ1n) is 5.09. The van der Waals surface area contributed by atoms with Crippen LogP contribution >= 0.6 is 0 Å². The van der Waals surface area contributed by atoms with Gasteiger partial charge in [0, 0.05) is 18.7 Å². The first-order valence-corrected chi connectivity index (χ1v) is 5.09. The van der Waals surface area contributed by atoms with Crippen molar-refractivity contribution in [1.82, 2.24) is 5.32 Å². The Labute approximate surface area is 92.7 Å². The molecule has 0 amide bonds. The molecule has 0 aliphatic rings. The normalized spacial score (nSPS) is 12.8. The summed E-state index contributed by atoms with van der Waals surface area (Å²) in [4.78, 5) is 0. The Balaban J connectivity index is 2.51. The van der Waals surface area contributed by atoms with Gasteiger partial charge in [-0.25, -0.2) is 8.78 Å². The molecule has 0 spiro atoms. The summed E-state index contributed by atoms with van der Waals surface area (Å²) in [6, 6.07) is 2.97. The largest absolute Gasteiger partial charge is 0.396 e. The van der Waals surface area contributed by atoms with Gasteiger partial charge in [0.1, 0.15) is 11.6 Å².